The normalized spacial score (nSPS) is 1.11. The fourth-order valence-electron chi connectivity index (χ4n) is 0. The molecule has 0 aliphatic heterocycles. The predicted molar refractivity (Wildman–Crippen MR) is 54.4 cm³/mol. The molecule has 0 aliphatic carbocycles. The van der Waals surface area contributed by atoms with Gasteiger partial charge in [-0.2, -0.15) is 0 Å². The van der Waals surface area contributed by atoms with Crippen LogP contribution in [0.5, 0.6) is 0 Å². The van der Waals surface area contributed by atoms with Crippen molar-refractivity contribution in [1.29, 1.82) is 0 Å². The minimum absolute atomic E-state index is 0. The molecule has 0 aromatic heterocycles. The SMILES string of the molecule is O=[Si](O)O.O=[Si](O)O.O=[Si](O)O.O=[Si](O)O.O=[Si](O)O.[Na+].[Na+].[Na+].[Na+].[Na+].[Na+].[Na+].[Na+].[Na+].[Na+].[Na+].[Na+].[Na+].[Na+].[Na+].[Na+].[Na+].[Na+].[Na+].[Na+].[Na+].[Na+].[Na+].[Na+].[Na+].[Na+].[Na+].[Na+].[Na+].[Na+].[Na+].[Na+].[Na+].[Na+].[Na+].[Na+].[Na+].[Na+].[Na+].[Na+].[Na+].[Na+].[Na+].[Na+].[Na+].[Na+].[Na+].[Na+].[Na+].[Na+].[Na+].[Na+].[Na+].[Na+].[Na+].[Na+].[Na+].[Na+].[Na+].[Na+].[Na+].[Na+].[Na+].[Na+].[Na+].[Na+].[Na+].[Na+].[Na+].[Na+].[Na+].[Na+].[Na+].[Na+].[Na+].[Na+].[Na+].[Na+].[Na+].[Na+].[Na+].[Na+].[Na+].[Na+].[Na+].[Na+].[Na+].[Na+]. The topological polar surface area (TPSA) is 288 Å². The monoisotopic (exact) mass is 2410 g/mol. The quantitative estimate of drug-likeness (QED) is 0.101. The largest absolute Gasteiger partial charge is 1.00 e. The predicted octanol–water partition coefficient (Wildman–Crippen LogP) is -272. The molecule has 0 radical (unpaired) electrons. The number of hydrogen-bond acceptors (Lipinski definition) is 5. The molecule has 0 saturated carbocycles. The summed E-state index contributed by atoms with van der Waals surface area (Å²) in [5.74, 6) is 0. The summed E-state index contributed by atoms with van der Waals surface area (Å²) in [6.07, 6.45) is 0. The maximum atomic E-state index is 8.74. The first kappa shape index (κ1) is 708. The van der Waals surface area contributed by atoms with Crippen LogP contribution in [-0.2, 0) is 22.3 Å². The first-order valence-electron chi connectivity index (χ1n) is 3.26. The van der Waals surface area contributed by atoms with E-state index in [2.05, 4.69) is 0 Å². The molecule has 0 unspecified atom stereocenters. The third-order valence-corrected chi connectivity index (χ3v) is 0. The zero-order valence-corrected chi connectivity index (χ0v) is 278. The van der Waals surface area contributed by atoms with Crippen molar-refractivity contribution in [3.8, 4) is 0 Å². The Morgan fingerprint density at radius 1 is 0.0648 bits per heavy atom. The molecule has 10 N–H and O–H groups in total. The zero-order chi connectivity index (χ0) is 17.9. The average molecular weight is 2410 g/mol. The van der Waals surface area contributed by atoms with E-state index in [1.807, 2.05) is 0 Å². The molecule has 0 atom stereocenters. The van der Waals surface area contributed by atoms with Crippen LogP contribution in [0.1, 0.15) is 0 Å². The van der Waals surface area contributed by atoms with Crippen molar-refractivity contribution >= 4 is 45.9 Å². The molecule has 108 heteroatoms. The molecular weight excluding hydrogens is 2400 g/mol. The summed E-state index contributed by atoms with van der Waals surface area (Å²) < 4.78 is 43.7. The molecule has 108 heavy (non-hydrogen) atoms. The van der Waals surface area contributed by atoms with E-state index in [4.69, 9.17) is 70.3 Å². The van der Waals surface area contributed by atoms with Gasteiger partial charge in [-0.15, -0.1) is 0 Å². The Balaban J connectivity index is -0.000000000238. The molecule has 0 fully saturated rings. The average Bonchev–Trinajstić information content (AvgIpc) is 1.94. The van der Waals surface area contributed by atoms with Crippen molar-refractivity contribution in [2.75, 3.05) is 0 Å². The van der Waals surface area contributed by atoms with E-state index in [-0.39, 0.29) is 2600 Å². The summed E-state index contributed by atoms with van der Waals surface area (Å²) in [4.78, 5) is 71.6. The van der Waals surface area contributed by atoms with Gasteiger partial charge in [0.1, 0.15) is 0 Å². The summed E-state index contributed by atoms with van der Waals surface area (Å²) in [5, 5.41) is 0. The Bertz CT molecular complexity index is 276. The first-order chi connectivity index (χ1) is 8.66. The van der Waals surface area contributed by atoms with Gasteiger partial charge in [0.25, 0.3) is 0 Å². The van der Waals surface area contributed by atoms with Crippen molar-refractivity contribution < 1.29 is 2670 Å². The Kier molecular flexibility index (Phi) is 4570. The molecule has 0 spiro atoms. The van der Waals surface area contributed by atoms with Crippen molar-refractivity contribution in [1.82, 2.24) is 0 Å². The third kappa shape index (κ3) is 946. The van der Waals surface area contributed by atoms with Gasteiger partial charge in [0, 0.05) is 0 Å². The summed E-state index contributed by atoms with van der Waals surface area (Å²) >= 11 is 0. The van der Waals surface area contributed by atoms with E-state index in [9.17, 15) is 0 Å². The van der Waals surface area contributed by atoms with Crippen LogP contribution in [-0.4, -0.2) is 93.8 Å². The van der Waals surface area contributed by atoms with Gasteiger partial charge in [-0.25, -0.2) is 0 Å². The van der Waals surface area contributed by atoms with Crippen LogP contribution in [0.3, 0.4) is 0 Å². The fourth-order valence-corrected chi connectivity index (χ4v) is 0. The maximum absolute atomic E-state index is 8.74. The maximum Gasteiger partial charge on any atom is 1.00 e. The molecule has 0 rings (SSSR count). The van der Waals surface area contributed by atoms with Crippen LogP contribution in [0.4, 0.5) is 0 Å². The van der Waals surface area contributed by atoms with Crippen LogP contribution in [0.25, 0.3) is 0 Å². The molecule has 0 aromatic carbocycles. The molecule has 0 bridgehead atoms. The number of rotatable bonds is 0. The van der Waals surface area contributed by atoms with Crippen LogP contribution in [0.2, 0.25) is 0 Å². The van der Waals surface area contributed by atoms with Crippen LogP contribution < -0.4 is 2600 Å². The molecule has 0 saturated heterocycles. The van der Waals surface area contributed by atoms with Crippen LogP contribution in [0, 0.1) is 0 Å². The van der Waals surface area contributed by atoms with Crippen molar-refractivity contribution in [2.24, 2.45) is 0 Å². The molecule has 120 valence electrons. The Labute approximate surface area is 2620 Å². The third-order valence-electron chi connectivity index (χ3n) is 0. The molecule has 0 aliphatic rings. The molecule has 0 amide bonds. The van der Waals surface area contributed by atoms with Gasteiger partial charge in [0.15, 0.2) is 0 Å². The van der Waals surface area contributed by atoms with Crippen molar-refractivity contribution in [3.05, 3.63) is 0 Å². The Hall–Kier alpha value is 86.1. The first-order valence-corrected chi connectivity index (χ1v) is 9.77. The van der Waals surface area contributed by atoms with E-state index in [0.717, 1.165) is 0 Å². The summed E-state index contributed by atoms with van der Waals surface area (Å²) in [6, 6.07) is 0. The minimum Gasteiger partial charge on any atom is -0.511 e. The standard InChI is InChI=1S/88Na.5H2O3Si/c;;;;;;;;;;;;;;;;;;;;;;;;;;;;;;;;;;;;;;;;;;;;;;;;;;;;;;;;;;;;;;;;;;;;;;;;;;;;;;;;;;;;;;;;5*1-4(2)3/h;;;;;;;;;;;;;;;;;;;;;;;;;;;;;;;;;;;;;;;;;;;;;;;;;;;;;;;;;;;;;;;;;;;;;;;;;;;;;;;;;;;;;;;;5*1-2H/q88*+1;;;;;. The minimum atomic E-state index is -3.13. The van der Waals surface area contributed by atoms with Crippen LogP contribution >= 0.6 is 0 Å². The van der Waals surface area contributed by atoms with Crippen LogP contribution in [0.15, 0.2) is 0 Å². The van der Waals surface area contributed by atoms with Crippen molar-refractivity contribution in [2.45, 2.75) is 0 Å². The second-order valence-corrected chi connectivity index (χ2v) is 4.24. The van der Waals surface area contributed by atoms with E-state index < -0.39 is 45.9 Å². The summed E-state index contributed by atoms with van der Waals surface area (Å²) in [5.41, 5.74) is 0. The van der Waals surface area contributed by atoms with Gasteiger partial charge >= 0.3 is 2650 Å². The van der Waals surface area contributed by atoms with E-state index >= 15 is 0 Å². The summed E-state index contributed by atoms with van der Waals surface area (Å²) in [6.45, 7) is 0. The van der Waals surface area contributed by atoms with Gasteiger partial charge in [0.05, 0.1) is 0 Å². The second kappa shape index (κ2) is 697. The van der Waals surface area contributed by atoms with E-state index in [0.29, 0.717) is 0 Å². The van der Waals surface area contributed by atoms with Gasteiger partial charge in [-0.3, -0.25) is 22.3 Å². The molecule has 0 heterocycles. The Morgan fingerprint density at radius 2 is 0.0648 bits per heavy atom. The Morgan fingerprint density at radius 3 is 0.0648 bits per heavy atom. The molecule has 15 nitrogen and oxygen atoms in total. The number of hydrogen-bond donors (Lipinski definition) is 10. The smallest absolute Gasteiger partial charge is 0.511 e. The van der Waals surface area contributed by atoms with E-state index in [1.165, 1.54) is 0 Å². The van der Waals surface area contributed by atoms with Gasteiger partial charge in [-0.1, -0.05) is 0 Å². The fraction of sp³-hybridized carbons (Fsp3) is 0. The summed E-state index contributed by atoms with van der Waals surface area (Å²) in [7, 11) is -15.6. The zero-order valence-electron chi connectivity index (χ0n) is 97.0. The molecule has 0 aromatic rings. The van der Waals surface area contributed by atoms with Gasteiger partial charge in [0.2, 0.25) is 0 Å². The molecular formula is H10Na88O15Si5+88. The van der Waals surface area contributed by atoms with Gasteiger partial charge in [-0.05, 0) is 0 Å². The second-order valence-electron chi connectivity index (χ2n) is 1.41. The van der Waals surface area contributed by atoms with Gasteiger partial charge < -0.3 is 48.0 Å². The van der Waals surface area contributed by atoms with Crippen molar-refractivity contribution in [3.63, 3.8) is 0 Å². The van der Waals surface area contributed by atoms with E-state index in [1.54, 1.807) is 0 Å².